The van der Waals surface area contributed by atoms with Gasteiger partial charge in [-0.1, -0.05) is 6.07 Å². The molecule has 1 fully saturated rings. The number of rotatable bonds is 7. The maximum absolute atomic E-state index is 13.6. The van der Waals surface area contributed by atoms with Crippen LogP contribution in [0.25, 0.3) is 11.1 Å². The first kappa shape index (κ1) is 31.5. The lowest BCUT2D eigenvalue weighted by Crippen LogP contribution is -2.47. The summed E-state index contributed by atoms with van der Waals surface area (Å²) in [4.78, 5) is 45.9. The highest BCUT2D eigenvalue weighted by Gasteiger charge is 2.31. The summed E-state index contributed by atoms with van der Waals surface area (Å²) in [5.41, 5.74) is 0.342. The molecular weight excluding hydrogens is 567 g/mol. The Morgan fingerprint density at radius 3 is 2.44 bits per heavy atom. The van der Waals surface area contributed by atoms with E-state index in [0.717, 1.165) is 18.2 Å². The summed E-state index contributed by atoms with van der Waals surface area (Å²) in [6, 6.07) is 7.49. The van der Waals surface area contributed by atoms with E-state index in [0.29, 0.717) is 48.8 Å². The van der Waals surface area contributed by atoms with Gasteiger partial charge in [0, 0.05) is 60.3 Å². The van der Waals surface area contributed by atoms with E-state index < -0.39 is 29.3 Å². The van der Waals surface area contributed by atoms with Crippen LogP contribution < -0.4 is 15.8 Å². The number of aryl methyl sites for hydroxylation is 1. The van der Waals surface area contributed by atoms with E-state index in [-0.39, 0.29) is 29.9 Å². The van der Waals surface area contributed by atoms with E-state index in [1.807, 2.05) is 4.90 Å². The summed E-state index contributed by atoms with van der Waals surface area (Å²) in [5.74, 6) is -0.738. The smallest absolute Gasteiger partial charge is 0.416 e. The van der Waals surface area contributed by atoms with E-state index in [4.69, 9.17) is 4.74 Å². The van der Waals surface area contributed by atoms with Crippen molar-refractivity contribution < 1.29 is 32.6 Å². The molecule has 10 nitrogen and oxygen atoms in total. The van der Waals surface area contributed by atoms with Crippen molar-refractivity contribution in [3.05, 3.63) is 76.0 Å². The third-order valence-corrected chi connectivity index (χ3v) is 7.13. The highest BCUT2D eigenvalue weighted by Crippen LogP contribution is 2.31. The number of halogens is 3. The van der Waals surface area contributed by atoms with Crippen molar-refractivity contribution >= 4 is 23.4 Å². The molecule has 4 rings (SSSR count). The van der Waals surface area contributed by atoms with Crippen molar-refractivity contribution in [2.75, 3.05) is 43.1 Å². The van der Waals surface area contributed by atoms with Gasteiger partial charge in [0.05, 0.1) is 30.7 Å². The number of aromatic nitrogens is 2. The Morgan fingerprint density at radius 2 is 1.81 bits per heavy atom. The second-order valence-electron chi connectivity index (χ2n) is 11.2. The minimum atomic E-state index is -4.59. The molecule has 13 heteroatoms. The molecule has 3 heterocycles. The van der Waals surface area contributed by atoms with E-state index in [9.17, 15) is 32.7 Å². The average Bonchev–Trinajstić information content (AvgIpc) is 2.94. The minimum Gasteiger partial charge on any atom is -0.465 e. The topological polar surface area (TPSA) is 117 Å². The molecule has 2 aromatic heterocycles. The third-order valence-electron chi connectivity index (χ3n) is 7.13. The van der Waals surface area contributed by atoms with Crippen LogP contribution in [0.3, 0.4) is 0 Å². The van der Waals surface area contributed by atoms with Gasteiger partial charge in [-0.3, -0.25) is 14.6 Å². The van der Waals surface area contributed by atoms with Crippen molar-refractivity contribution in [2.24, 2.45) is 0 Å². The number of hydrogen-bond acceptors (Lipinski definition) is 6. The maximum Gasteiger partial charge on any atom is 0.416 e. The number of ether oxygens (including phenoxy) is 1. The first-order valence-electron chi connectivity index (χ1n) is 13.7. The lowest BCUT2D eigenvalue weighted by atomic mass is 10.0. The third kappa shape index (κ3) is 7.53. The monoisotopic (exact) mass is 601 g/mol. The summed E-state index contributed by atoms with van der Waals surface area (Å²) in [7, 11) is 0. The molecule has 2 N–H and O–H groups in total. The molecule has 230 valence electrons. The molecule has 1 saturated heterocycles. The molecule has 0 radical (unpaired) electrons. The molecule has 1 aromatic carbocycles. The molecule has 0 aliphatic carbocycles. The number of carbonyl (C=O) groups excluding carboxylic acids is 1. The molecule has 2 amide bonds. The molecule has 0 bridgehead atoms. The predicted molar refractivity (Wildman–Crippen MR) is 156 cm³/mol. The molecule has 0 unspecified atom stereocenters. The Bertz CT molecular complexity index is 1560. The van der Waals surface area contributed by atoms with Crippen LogP contribution >= 0.6 is 0 Å². The Balaban J connectivity index is 1.71. The van der Waals surface area contributed by atoms with Crippen LogP contribution in [0.4, 0.5) is 29.3 Å². The number of morpholine rings is 1. The molecule has 3 aromatic rings. The normalized spacial score (nSPS) is 14.0. The number of carbonyl (C=O) groups is 2. The van der Waals surface area contributed by atoms with Gasteiger partial charge in [-0.15, -0.1) is 0 Å². The van der Waals surface area contributed by atoms with Gasteiger partial charge < -0.3 is 29.5 Å². The van der Waals surface area contributed by atoms with Crippen molar-refractivity contribution in [1.82, 2.24) is 14.5 Å². The van der Waals surface area contributed by atoms with Crippen molar-refractivity contribution in [2.45, 2.75) is 46.0 Å². The average molecular weight is 602 g/mol. The van der Waals surface area contributed by atoms with E-state index in [1.165, 1.54) is 21.7 Å². The fraction of sp³-hybridized carbons (Fsp3) is 0.400. The number of carboxylic acid groups (broad SMARTS) is 1. The summed E-state index contributed by atoms with van der Waals surface area (Å²) < 4.78 is 46.4. The molecule has 0 spiro atoms. The van der Waals surface area contributed by atoms with Gasteiger partial charge >= 0.3 is 12.3 Å². The van der Waals surface area contributed by atoms with Crippen LogP contribution in [0.15, 0.2) is 53.6 Å². The van der Waals surface area contributed by atoms with Crippen molar-refractivity contribution in [3.8, 4) is 11.1 Å². The number of amides is 2. The fourth-order valence-electron chi connectivity index (χ4n) is 4.82. The zero-order valence-electron chi connectivity index (χ0n) is 24.4. The van der Waals surface area contributed by atoms with E-state index in [2.05, 4.69) is 10.3 Å². The number of alkyl halides is 3. The summed E-state index contributed by atoms with van der Waals surface area (Å²) in [6.07, 6.45) is -2.67. The summed E-state index contributed by atoms with van der Waals surface area (Å²) in [5, 5.41) is 12.4. The van der Waals surface area contributed by atoms with Gasteiger partial charge in [0.1, 0.15) is 5.69 Å². The van der Waals surface area contributed by atoms with Crippen molar-refractivity contribution in [1.29, 1.82) is 0 Å². The zero-order valence-corrected chi connectivity index (χ0v) is 24.4. The molecule has 0 saturated carbocycles. The standard InChI is InChI=1S/C30H34F3N5O5/c1-19-24(16-23(17-34-19)35-26(39)20-6-5-7-22(14-20)30(31,32)33)21-15-25(36-10-12-43-13-11-36)27(40)37(18-21)8-9-38(28(41)42)29(2,3)4/h5-7,14-18H,8-13H2,1-4H3,(H,35,39)(H,41,42). The quantitative estimate of drug-likeness (QED) is 0.387. The lowest BCUT2D eigenvalue weighted by molar-refractivity contribution is -0.137. The van der Waals surface area contributed by atoms with Gasteiger partial charge in [0.2, 0.25) is 0 Å². The van der Waals surface area contributed by atoms with Gasteiger partial charge in [-0.05, 0) is 58.0 Å². The largest absolute Gasteiger partial charge is 0.465 e. The van der Waals surface area contributed by atoms with Crippen LogP contribution in [-0.2, 0) is 17.5 Å². The maximum atomic E-state index is 13.6. The summed E-state index contributed by atoms with van der Waals surface area (Å²) >= 11 is 0. The van der Waals surface area contributed by atoms with Crippen LogP contribution in [-0.4, -0.2) is 69.9 Å². The molecular formula is C30H34F3N5O5. The molecule has 0 atom stereocenters. The van der Waals surface area contributed by atoms with Crippen molar-refractivity contribution in [3.63, 3.8) is 0 Å². The number of hydrogen-bond donors (Lipinski definition) is 2. The van der Waals surface area contributed by atoms with Crippen LogP contribution in [0.2, 0.25) is 0 Å². The Hall–Kier alpha value is -4.39. The van der Waals surface area contributed by atoms with Gasteiger partial charge in [-0.25, -0.2) is 4.79 Å². The lowest BCUT2D eigenvalue weighted by Gasteiger charge is -2.33. The number of nitrogens with one attached hydrogen (secondary N) is 1. The van der Waals surface area contributed by atoms with Gasteiger partial charge in [0.25, 0.3) is 11.5 Å². The number of benzene rings is 1. The zero-order chi connectivity index (χ0) is 31.5. The van der Waals surface area contributed by atoms with Crippen LogP contribution in [0.1, 0.15) is 42.4 Å². The Kier molecular flexibility index (Phi) is 9.14. The first-order chi connectivity index (χ1) is 20.1. The molecule has 1 aliphatic heterocycles. The van der Waals surface area contributed by atoms with Crippen LogP contribution in [0.5, 0.6) is 0 Å². The number of pyridine rings is 2. The fourth-order valence-corrected chi connectivity index (χ4v) is 4.82. The number of anilines is 2. The predicted octanol–water partition coefficient (Wildman–Crippen LogP) is 5.10. The minimum absolute atomic E-state index is 0.0645. The second kappa shape index (κ2) is 12.5. The first-order valence-corrected chi connectivity index (χ1v) is 13.7. The second-order valence-corrected chi connectivity index (χ2v) is 11.2. The summed E-state index contributed by atoms with van der Waals surface area (Å²) in [6.45, 7) is 9.09. The Morgan fingerprint density at radius 1 is 1.12 bits per heavy atom. The van der Waals surface area contributed by atoms with Gasteiger partial charge in [-0.2, -0.15) is 13.2 Å². The highest BCUT2D eigenvalue weighted by molar-refractivity contribution is 6.04. The SMILES string of the molecule is Cc1ncc(NC(=O)c2cccc(C(F)(F)F)c2)cc1-c1cc(N2CCOCC2)c(=O)n(CCN(C(=O)O)C(C)(C)C)c1. The van der Waals surface area contributed by atoms with Crippen LogP contribution in [0, 0.1) is 6.92 Å². The molecule has 1 aliphatic rings. The molecule has 43 heavy (non-hydrogen) atoms. The Labute approximate surface area is 246 Å². The number of nitrogens with zero attached hydrogens (tertiary/aromatic N) is 4. The van der Waals surface area contributed by atoms with Gasteiger partial charge in [0.15, 0.2) is 0 Å². The van der Waals surface area contributed by atoms with E-state index in [1.54, 1.807) is 46.0 Å². The highest BCUT2D eigenvalue weighted by atomic mass is 19.4. The van der Waals surface area contributed by atoms with E-state index >= 15 is 0 Å².